The van der Waals surface area contributed by atoms with E-state index >= 15 is 0 Å². The largest absolute Gasteiger partial charge is 0.490 e. The molecule has 2 aromatic rings. The minimum Gasteiger partial charge on any atom is -0.490 e. The van der Waals surface area contributed by atoms with Gasteiger partial charge in [-0.25, -0.2) is 5.43 Å². The highest BCUT2D eigenvalue weighted by Gasteiger charge is 1.98. The van der Waals surface area contributed by atoms with E-state index in [0.29, 0.717) is 13.2 Å². The minimum absolute atomic E-state index is 0.196. The van der Waals surface area contributed by atoms with Crippen LogP contribution >= 0.6 is 0 Å². The van der Waals surface area contributed by atoms with Crippen molar-refractivity contribution < 1.29 is 14.3 Å². The first-order valence-electron chi connectivity index (χ1n) is 9.91. The highest BCUT2D eigenvalue weighted by atomic mass is 16.5. The third kappa shape index (κ3) is 8.71. The van der Waals surface area contributed by atoms with Crippen molar-refractivity contribution >= 4 is 12.1 Å². The summed E-state index contributed by atoms with van der Waals surface area (Å²) in [5, 5.41) is 3.83. The van der Waals surface area contributed by atoms with Crippen LogP contribution in [-0.4, -0.2) is 25.3 Å². The molecule has 0 heterocycles. The van der Waals surface area contributed by atoms with E-state index in [-0.39, 0.29) is 5.91 Å². The van der Waals surface area contributed by atoms with E-state index in [4.69, 9.17) is 9.47 Å². The van der Waals surface area contributed by atoms with Crippen LogP contribution in [0.3, 0.4) is 0 Å². The molecule has 5 nitrogen and oxygen atoms in total. The van der Waals surface area contributed by atoms with Crippen molar-refractivity contribution in [1.29, 1.82) is 0 Å². The summed E-state index contributed by atoms with van der Waals surface area (Å²) < 4.78 is 11.4. The second kappa shape index (κ2) is 12.5. The van der Waals surface area contributed by atoms with Gasteiger partial charge in [-0.05, 0) is 60.4 Å². The van der Waals surface area contributed by atoms with Gasteiger partial charge >= 0.3 is 0 Å². The van der Waals surface area contributed by atoms with Crippen molar-refractivity contribution in [2.75, 3.05) is 13.2 Å². The first-order valence-corrected chi connectivity index (χ1v) is 9.91. The number of rotatable bonds is 12. The lowest BCUT2D eigenvalue weighted by atomic mass is 10.1. The molecule has 0 saturated carbocycles. The van der Waals surface area contributed by atoms with Gasteiger partial charge in [-0.2, -0.15) is 5.10 Å². The summed E-state index contributed by atoms with van der Waals surface area (Å²) in [5.74, 6) is 1.44. The minimum atomic E-state index is -0.196. The number of unbranched alkanes of at least 4 members (excludes halogenated alkanes) is 3. The Morgan fingerprint density at radius 1 is 0.929 bits per heavy atom. The molecule has 0 atom stereocenters. The van der Waals surface area contributed by atoms with Gasteiger partial charge in [0.05, 0.1) is 6.21 Å². The number of ether oxygens (including phenoxy) is 2. The van der Waals surface area contributed by atoms with Crippen LogP contribution in [0.5, 0.6) is 11.5 Å². The van der Waals surface area contributed by atoms with E-state index in [1.807, 2.05) is 36.4 Å². The molecule has 0 aliphatic carbocycles. The molecule has 28 heavy (non-hydrogen) atoms. The van der Waals surface area contributed by atoms with Crippen LogP contribution < -0.4 is 14.9 Å². The van der Waals surface area contributed by atoms with Crippen LogP contribution in [0, 0.1) is 0 Å². The molecular weight excluding hydrogens is 352 g/mol. The number of amides is 1. The number of nitrogens with zero attached hydrogens (tertiary/aromatic N) is 1. The topological polar surface area (TPSA) is 59.9 Å². The van der Waals surface area contributed by atoms with Crippen LogP contribution in [0.25, 0.3) is 0 Å². The highest BCUT2D eigenvalue weighted by Crippen LogP contribution is 2.15. The zero-order valence-electron chi connectivity index (χ0n) is 16.8. The van der Waals surface area contributed by atoms with Crippen molar-refractivity contribution in [3.63, 3.8) is 0 Å². The second-order valence-electron chi connectivity index (χ2n) is 6.65. The lowest BCUT2D eigenvalue weighted by Gasteiger charge is -2.09. The van der Waals surface area contributed by atoms with Crippen molar-refractivity contribution in [2.45, 2.75) is 46.0 Å². The Morgan fingerprint density at radius 2 is 1.54 bits per heavy atom. The van der Waals surface area contributed by atoms with Crippen molar-refractivity contribution in [1.82, 2.24) is 5.43 Å². The van der Waals surface area contributed by atoms with Gasteiger partial charge in [-0.1, -0.05) is 38.3 Å². The fourth-order valence-electron chi connectivity index (χ4n) is 2.68. The SMILES string of the molecule is CCCCCCc1ccc(OCCOc2ccc(/C=N/NC(C)=O)cc2)cc1. The summed E-state index contributed by atoms with van der Waals surface area (Å²) in [6, 6.07) is 15.8. The number of aryl methyl sites for hydroxylation is 1. The number of benzene rings is 2. The monoisotopic (exact) mass is 382 g/mol. The fraction of sp³-hybridized carbons (Fsp3) is 0.391. The maximum Gasteiger partial charge on any atom is 0.236 e. The Balaban J connectivity index is 1.65. The Morgan fingerprint density at radius 3 is 2.11 bits per heavy atom. The fourth-order valence-corrected chi connectivity index (χ4v) is 2.68. The summed E-state index contributed by atoms with van der Waals surface area (Å²) in [6.45, 7) is 4.61. The van der Waals surface area contributed by atoms with E-state index in [2.05, 4.69) is 29.6 Å². The number of hydrogen-bond acceptors (Lipinski definition) is 4. The lowest BCUT2D eigenvalue weighted by molar-refractivity contribution is -0.118. The average Bonchev–Trinajstić information content (AvgIpc) is 2.70. The predicted octanol–water partition coefficient (Wildman–Crippen LogP) is 4.74. The highest BCUT2D eigenvalue weighted by molar-refractivity contribution is 5.81. The Labute approximate surface area is 167 Å². The Kier molecular flexibility index (Phi) is 9.62. The molecule has 0 saturated heterocycles. The summed E-state index contributed by atoms with van der Waals surface area (Å²) in [7, 11) is 0. The van der Waals surface area contributed by atoms with Crippen LogP contribution in [0.2, 0.25) is 0 Å². The molecule has 0 aromatic heterocycles. The first-order chi connectivity index (χ1) is 13.7. The van der Waals surface area contributed by atoms with Gasteiger partial charge in [-0.3, -0.25) is 4.79 Å². The molecule has 2 rings (SSSR count). The molecule has 0 bridgehead atoms. The third-order valence-electron chi connectivity index (χ3n) is 4.18. The predicted molar refractivity (Wildman–Crippen MR) is 113 cm³/mol. The van der Waals surface area contributed by atoms with Crippen molar-refractivity contribution in [3.05, 3.63) is 59.7 Å². The molecule has 1 amide bonds. The van der Waals surface area contributed by atoms with Crippen molar-refractivity contribution in [3.8, 4) is 11.5 Å². The third-order valence-corrected chi connectivity index (χ3v) is 4.18. The number of hydrazone groups is 1. The molecule has 0 unspecified atom stereocenters. The van der Waals surface area contributed by atoms with Gasteiger partial charge in [0.25, 0.3) is 0 Å². The van der Waals surface area contributed by atoms with E-state index in [0.717, 1.165) is 23.5 Å². The molecule has 150 valence electrons. The maximum absolute atomic E-state index is 10.8. The smallest absolute Gasteiger partial charge is 0.236 e. The molecule has 0 spiro atoms. The number of nitrogens with one attached hydrogen (secondary N) is 1. The van der Waals surface area contributed by atoms with Crippen LogP contribution in [0.15, 0.2) is 53.6 Å². The van der Waals surface area contributed by atoms with E-state index in [1.165, 1.54) is 38.2 Å². The molecule has 2 aromatic carbocycles. The van der Waals surface area contributed by atoms with E-state index < -0.39 is 0 Å². The van der Waals surface area contributed by atoms with Gasteiger partial charge in [-0.15, -0.1) is 0 Å². The second-order valence-corrected chi connectivity index (χ2v) is 6.65. The molecular formula is C23H30N2O3. The summed E-state index contributed by atoms with van der Waals surface area (Å²) in [6.07, 6.45) is 7.85. The number of carbonyl (C=O) groups excluding carboxylic acids is 1. The molecule has 0 aliphatic heterocycles. The first kappa shape index (κ1) is 21.5. The van der Waals surface area contributed by atoms with Crippen LogP contribution in [0.1, 0.15) is 50.7 Å². The van der Waals surface area contributed by atoms with Gasteiger partial charge in [0.15, 0.2) is 0 Å². The maximum atomic E-state index is 10.8. The molecule has 0 fully saturated rings. The zero-order chi connectivity index (χ0) is 20.0. The summed E-state index contributed by atoms with van der Waals surface area (Å²) in [4.78, 5) is 10.8. The molecule has 0 radical (unpaired) electrons. The van der Waals surface area contributed by atoms with Crippen LogP contribution in [0.4, 0.5) is 0 Å². The Hall–Kier alpha value is -2.82. The van der Waals surface area contributed by atoms with Gasteiger partial charge in [0.2, 0.25) is 5.91 Å². The quantitative estimate of drug-likeness (QED) is 0.328. The Bertz CT molecular complexity index is 725. The van der Waals surface area contributed by atoms with E-state index in [1.54, 1.807) is 6.21 Å². The average molecular weight is 383 g/mol. The molecule has 5 heteroatoms. The summed E-state index contributed by atoms with van der Waals surface area (Å²) >= 11 is 0. The molecule has 0 aliphatic rings. The number of hydrogen-bond donors (Lipinski definition) is 1. The van der Waals surface area contributed by atoms with Crippen LogP contribution in [-0.2, 0) is 11.2 Å². The van der Waals surface area contributed by atoms with E-state index in [9.17, 15) is 4.79 Å². The molecule has 1 N–H and O–H groups in total. The van der Waals surface area contributed by atoms with Gasteiger partial charge in [0.1, 0.15) is 24.7 Å². The lowest BCUT2D eigenvalue weighted by Crippen LogP contribution is -2.12. The standard InChI is InChI=1S/C23H30N2O3/c1-3-4-5-6-7-20-8-12-22(13-9-20)27-16-17-28-23-14-10-21(11-15-23)18-24-25-19(2)26/h8-15,18H,3-7,16-17H2,1-2H3,(H,25,26)/b24-18+. The van der Waals surface area contributed by atoms with Crippen molar-refractivity contribution in [2.24, 2.45) is 5.10 Å². The number of carbonyl (C=O) groups is 1. The van der Waals surface area contributed by atoms with Gasteiger partial charge in [0, 0.05) is 6.92 Å². The zero-order valence-corrected chi connectivity index (χ0v) is 16.8. The van der Waals surface area contributed by atoms with Gasteiger partial charge < -0.3 is 9.47 Å². The summed E-state index contributed by atoms with van der Waals surface area (Å²) in [5.41, 5.74) is 4.61. The normalized spacial score (nSPS) is 10.8.